The number of carbonyl (C=O) groups is 4. The van der Waals surface area contributed by atoms with E-state index in [0.717, 1.165) is 0 Å². The van der Waals surface area contributed by atoms with Crippen LogP contribution >= 0.6 is 0 Å². The topological polar surface area (TPSA) is 129 Å². The van der Waals surface area contributed by atoms with Crippen LogP contribution in [0.25, 0.3) is 17.4 Å². The summed E-state index contributed by atoms with van der Waals surface area (Å²) in [6, 6.07) is 12.7. The molecule has 10 heteroatoms. The number of aromatic carboxylic acids is 1. The molecule has 0 aliphatic carbocycles. The number of nitrogens with one attached hydrogen (secondary N) is 2. The Kier molecular flexibility index (Phi) is 5.96. The first kappa shape index (κ1) is 22.5. The highest BCUT2D eigenvalue weighted by Gasteiger charge is 2.35. The van der Waals surface area contributed by atoms with Gasteiger partial charge >= 0.3 is 12.0 Å². The molecule has 2 aromatic carbocycles. The molecule has 34 heavy (non-hydrogen) atoms. The van der Waals surface area contributed by atoms with Gasteiger partial charge in [0.1, 0.15) is 29.6 Å². The normalized spacial score (nSPS) is 14.4. The molecule has 0 spiro atoms. The molecule has 0 saturated carbocycles. The molecule has 1 saturated heterocycles. The lowest BCUT2D eigenvalue weighted by atomic mass is 10.0. The molecule has 0 atom stereocenters. The number of furan rings is 1. The van der Waals surface area contributed by atoms with Gasteiger partial charge in [0.15, 0.2) is 0 Å². The summed E-state index contributed by atoms with van der Waals surface area (Å²) in [5.41, 5.74) is 1.04. The third-order valence-electron chi connectivity index (χ3n) is 5.16. The van der Waals surface area contributed by atoms with Gasteiger partial charge in [0.25, 0.3) is 5.91 Å². The fourth-order valence-electron chi connectivity index (χ4n) is 3.46. The number of amides is 4. The summed E-state index contributed by atoms with van der Waals surface area (Å²) < 4.78 is 19.4. The van der Waals surface area contributed by atoms with Crippen LogP contribution in [0.3, 0.4) is 0 Å². The van der Waals surface area contributed by atoms with Gasteiger partial charge in [-0.15, -0.1) is 0 Å². The second-order valence-corrected chi connectivity index (χ2v) is 7.39. The average Bonchev–Trinajstić information content (AvgIpc) is 3.35. The van der Waals surface area contributed by atoms with Crippen molar-refractivity contribution in [2.75, 3.05) is 11.9 Å². The van der Waals surface area contributed by atoms with Crippen molar-refractivity contribution in [2.45, 2.75) is 6.92 Å². The van der Waals surface area contributed by atoms with Gasteiger partial charge in [-0.2, -0.15) is 0 Å². The second-order valence-electron chi connectivity index (χ2n) is 7.39. The standard InChI is InChI=1S/C24H18FN3O6/c1-13-15(5-4-6-16(13)23(31)32)20-10-9-14(34-20)11-19-22(30)28(24(33)27-19)12-21(29)26-18-8-3-2-7-17(18)25/h2-11H,12H2,1H3,(H,26,29)(H,27,33)(H,31,32)/b19-11+. The summed E-state index contributed by atoms with van der Waals surface area (Å²) in [5, 5.41) is 14.0. The van der Waals surface area contributed by atoms with E-state index in [4.69, 9.17) is 4.42 Å². The monoisotopic (exact) mass is 463 g/mol. The van der Waals surface area contributed by atoms with Crippen molar-refractivity contribution in [3.63, 3.8) is 0 Å². The maximum Gasteiger partial charge on any atom is 0.335 e. The zero-order valence-electron chi connectivity index (χ0n) is 17.8. The van der Waals surface area contributed by atoms with E-state index in [1.165, 1.54) is 36.4 Å². The summed E-state index contributed by atoms with van der Waals surface area (Å²) >= 11 is 0. The fourth-order valence-corrected chi connectivity index (χ4v) is 3.46. The highest BCUT2D eigenvalue weighted by atomic mass is 19.1. The van der Waals surface area contributed by atoms with Crippen LogP contribution in [-0.4, -0.2) is 40.4 Å². The minimum atomic E-state index is -1.06. The number of carboxylic acid groups (broad SMARTS) is 1. The Balaban J connectivity index is 1.49. The summed E-state index contributed by atoms with van der Waals surface area (Å²) in [4.78, 5) is 49.1. The predicted molar refractivity (Wildman–Crippen MR) is 119 cm³/mol. The highest BCUT2D eigenvalue weighted by molar-refractivity contribution is 6.15. The molecule has 0 radical (unpaired) electrons. The first-order valence-corrected chi connectivity index (χ1v) is 10.1. The molecule has 2 heterocycles. The fraction of sp³-hybridized carbons (Fsp3) is 0.0833. The summed E-state index contributed by atoms with van der Waals surface area (Å²) in [7, 11) is 0. The SMILES string of the molecule is Cc1c(C(=O)O)cccc1-c1ccc(/C=C2/NC(=O)N(CC(=O)Nc3ccccc3F)C2=O)o1. The van der Waals surface area contributed by atoms with E-state index >= 15 is 0 Å². The Morgan fingerprint density at radius 3 is 2.62 bits per heavy atom. The van der Waals surface area contributed by atoms with Crippen LogP contribution in [0.4, 0.5) is 14.9 Å². The largest absolute Gasteiger partial charge is 0.478 e. The number of para-hydroxylation sites is 1. The van der Waals surface area contributed by atoms with Crippen molar-refractivity contribution < 1.29 is 33.1 Å². The number of hydrogen-bond acceptors (Lipinski definition) is 5. The molecule has 4 rings (SSSR count). The molecule has 1 aliphatic heterocycles. The van der Waals surface area contributed by atoms with Crippen LogP contribution in [0.15, 0.2) is 64.7 Å². The highest BCUT2D eigenvalue weighted by Crippen LogP contribution is 2.28. The van der Waals surface area contributed by atoms with E-state index in [0.29, 0.717) is 21.8 Å². The Hall–Kier alpha value is -4.73. The molecule has 172 valence electrons. The lowest BCUT2D eigenvalue weighted by Crippen LogP contribution is -2.38. The van der Waals surface area contributed by atoms with Gasteiger partial charge in [-0.3, -0.25) is 9.59 Å². The molecular formula is C24H18FN3O6. The van der Waals surface area contributed by atoms with Crippen molar-refractivity contribution >= 4 is 35.6 Å². The van der Waals surface area contributed by atoms with E-state index in [2.05, 4.69) is 10.6 Å². The number of benzene rings is 2. The molecule has 1 aromatic heterocycles. The van der Waals surface area contributed by atoms with Crippen LogP contribution in [0.2, 0.25) is 0 Å². The van der Waals surface area contributed by atoms with Crippen LogP contribution in [0.1, 0.15) is 21.7 Å². The number of rotatable bonds is 6. The quantitative estimate of drug-likeness (QED) is 0.378. The zero-order valence-corrected chi connectivity index (χ0v) is 17.8. The van der Waals surface area contributed by atoms with E-state index in [9.17, 15) is 28.7 Å². The summed E-state index contributed by atoms with van der Waals surface area (Å²) in [6.07, 6.45) is 1.30. The number of nitrogens with zero attached hydrogens (tertiary/aromatic N) is 1. The average molecular weight is 463 g/mol. The lowest BCUT2D eigenvalue weighted by Gasteiger charge is -2.12. The third-order valence-corrected chi connectivity index (χ3v) is 5.16. The summed E-state index contributed by atoms with van der Waals surface area (Å²) in [6.45, 7) is 1.05. The van der Waals surface area contributed by atoms with Crippen LogP contribution < -0.4 is 10.6 Å². The zero-order chi connectivity index (χ0) is 24.4. The van der Waals surface area contributed by atoms with Gasteiger partial charge in [-0.05, 0) is 42.8 Å². The van der Waals surface area contributed by atoms with Crippen LogP contribution in [0.5, 0.6) is 0 Å². The van der Waals surface area contributed by atoms with Crippen LogP contribution in [0, 0.1) is 12.7 Å². The van der Waals surface area contributed by atoms with E-state index in [-0.39, 0.29) is 22.7 Å². The van der Waals surface area contributed by atoms with Crippen LogP contribution in [-0.2, 0) is 9.59 Å². The smallest absolute Gasteiger partial charge is 0.335 e. The molecule has 9 nitrogen and oxygen atoms in total. The Morgan fingerprint density at radius 2 is 1.88 bits per heavy atom. The number of carboxylic acids is 1. The van der Waals surface area contributed by atoms with Gasteiger partial charge in [0.2, 0.25) is 5.91 Å². The van der Waals surface area contributed by atoms with E-state index < -0.39 is 36.2 Å². The second kappa shape index (κ2) is 9.02. The lowest BCUT2D eigenvalue weighted by molar-refractivity contribution is -0.127. The number of halogens is 1. The molecule has 1 fully saturated rings. The number of urea groups is 1. The van der Waals surface area contributed by atoms with Crippen molar-refractivity contribution in [3.05, 3.63) is 83.0 Å². The molecular weight excluding hydrogens is 445 g/mol. The van der Waals surface area contributed by atoms with Crippen molar-refractivity contribution in [2.24, 2.45) is 0 Å². The van der Waals surface area contributed by atoms with Gasteiger partial charge in [-0.1, -0.05) is 24.3 Å². The number of carbonyl (C=O) groups excluding carboxylic acids is 3. The van der Waals surface area contributed by atoms with E-state index in [1.807, 2.05) is 0 Å². The Bertz CT molecular complexity index is 1360. The molecule has 3 aromatic rings. The predicted octanol–water partition coefficient (Wildman–Crippen LogP) is 3.62. The third kappa shape index (κ3) is 4.42. The molecule has 4 amide bonds. The molecule has 0 unspecified atom stereocenters. The number of hydrogen-bond donors (Lipinski definition) is 3. The van der Waals surface area contributed by atoms with Gasteiger partial charge < -0.3 is 20.2 Å². The number of anilines is 1. The van der Waals surface area contributed by atoms with Crippen molar-refractivity contribution in [3.8, 4) is 11.3 Å². The summed E-state index contributed by atoms with van der Waals surface area (Å²) in [5.74, 6) is -2.60. The Labute approximate surface area is 192 Å². The molecule has 1 aliphatic rings. The minimum Gasteiger partial charge on any atom is -0.478 e. The Morgan fingerprint density at radius 1 is 1.12 bits per heavy atom. The van der Waals surface area contributed by atoms with E-state index in [1.54, 1.807) is 31.2 Å². The first-order valence-electron chi connectivity index (χ1n) is 10.1. The van der Waals surface area contributed by atoms with Gasteiger partial charge in [-0.25, -0.2) is 18.9 Å². The maximum atomic E-state index is 13.7. The molecule has 0 bridgehead atoms. The first-order chi connectivity index (χ1) is 16.2. The van der Waals surface area contributed by atoms with Gasteiger partial charge in [0.05, 0.1) is 11.3 Å². The molecule has 3 N–H and O–H groups in total. The van der Waals surface area contributed by atoms with Crippen molar-refractivity contribution in [1.82, 2.24) is 10.2 Å². The van der Waals surface area contributed by atoms with Gasteiger partial charge in [0, 0.05) is 11.6 Å². The number of imide groups is 1. The van der Waals surface area contributed by atoms with Crippen molar-refractivity contribution in [1.29, 1.82) is 0 Å². The minimum absolute atomic E-state index is 0.0688. The maximum absolute atomic E-state index is 13.7.